The highest BCUT2D eigenvalue weighted by molar-refractivity contribution is 6.00. The number of aromatic carboxylic acids is 1. The van der Waals surface area contributed by atoms with Crippen LogP contribution in [0.5, 0.6) is 0 Å². The molecule has 1 aliphatic heterocycles. The number of quaternary nitrogens is 1. The Morgan fingerprint density at radius 3 is 2.56 bits per heavy atom. The van der Waals surface area contributed by atoms with Crippen molar-refractivity contribution in [1.29, 1.82) is 5.41 Å². The van der Waals surface area contributed by atoms with Gasteiger partial charge in [-0.1, -0.05) is 6.07 Å². The van der Waals surface area contributed by atoms with E-state index < -0.39 is 5.97 Å². The number of hydrogen-bond donors (Lipinski definition) is 3. The first kappa shape index (κ1) is 15.4. The van der Waals surface area contributed by atoms with Gasteiger partial charge in [0.05, 0.1) is 5.97 Å². The van der Waals surface area contributed by atoms with E-state index in [1.165, 1.54) is 29.9 Å². The molecule has 0 atom stereocenters. The van der Waals surface area contributed by atoms with Crippen LogP contribution in [0.1, 0.15) is 10.4 Å². The number of hydrogen-bond acceptors (Lipinski definition) is 5. The Labute approximate surface area is 102 Å². The fraction of sp³-hybridized carbons (Fsp3) is 0. The van der Waals surface area contributed by atoms with Crippen molar-refractivity contribution in [3.63, 3.8) is 0 Å². The van der Waals surface area contributed by atoms with Crippen LogP contribution in [0.3, 0.4) is 0 Å². The first-order valence-corrected chi connectivity index (χ1v) is 4.62. The lowest BCUT2D eigenvalue weighted by Gasteiger charge is -2.00. The average Bonchev–Trinajstić information content (AvgIpc) is 2.30. The molecule has 2 heterocycles. The number of carbonyl (C=O) groups is 2. The number of amidine groups is 1. The molecule has 8 heteroatoms. The van der Waals surface area contributed by atoms with E-state index in [0.717, 1.165) is 0 Å². The van der Waals surface area contributed by atoms with Crippen LogP contribution < -0.4 is 15.7 Å². The van der Waals surface area contributed by atoms with Crippen LogP contribution in [0.15, 0.2) is 36.8 Å². The number of aromatic nitrogens is 1. The maximum Gasteiger partial charge on any atom is 0.423 e. The van der Waals surface area contributed by atoms with E-state index >= 15 is 0 Å². The lowest BCUT2D eigenvalue weighted by molar-refractivity contribution is -0.482. The zero-order chi connectivity index (χ0) is 12.7. The van der Waals surface area contributed by atoms with Crippen LogP contribution in [0.2, 0.25) is 0 Å². The van der Waals surface area contributed by atoms with E-state index in [4.69, 9.17) is 5.41 Å². The van der Waals surface area contributed by atoms with Gasteiger partial charge in [-0.05, 0) is 6.07 Å². The molecule has 18 heavy (non-hydrogen) atoms. The number of nitrogens with two attached hydrogens (primary N) is 1. The number of carbonyl (C=O) groups excluding carboxylic acids is 2. The van der Waals surface area contributed by atoms with Gasteiger partial charge in [0.25, 0.3) is 0 Å². The highest BCUT2D eigenvalue weighted by Gasteiger charge is 2.07. The van der Waals surface area contributed by atoms with E-state index in [1.807, 2.05) is 0 Å². The lowest BCUT2D eigenvalue weighted by Crippen LogP contribution is -2.87. The summed E-state index contributed by atoms with van der Waals surface area (Å²) in [4.78, 5) is 23.9. The first-order chi connectivity index (χ1) is 8.09. The summed E-state index contributed by atoms with van der Waals surface area (Å²) in [6, 6.07) is 2.76. The maximum atomic E-state index is 10.3. The van der Waals surface area contributed by atoms with E-state index in [-0.39, 0.29) is 22.9 Å². The van der Waals surface area contributed by atoms with Crippen LogP contribution in [0, 0.1) is 5.41 Å². The molecule has 0 aromatic carbocycles. The molecule has 0 bridgehead atoms. The second-order valence-electron chi connectivity index (χ2n) is 2.96. The van der Waals surface area contributed by atoms with Crippen molar-refractivity contribution >= 4 is 17.8 Å². The smallest absolute Gasteiger partial charge is 0.423 e. The fourth-order valence-electron chi connectivity index (χ4n) is 0.931. The Morgan fingerprint density at radius 2 is 2.22 bits per heavy atom. The minimum absolute atomic E-state index is 0. The predicted molar refractivity (Wildman–Crippen MR) is 59.5 cm³/mol. The molecule has 1 aromatic rings. The van der Waals surface area contributed by atoms with Crippen LogP contribution in [-0.4, -0.2) is 28.3 Å². The Balaban J connectivity index is 0.000000306. The van der Waals surface area contributed by atoms with Gasteiger partial charge < -0.3 is 15.4 Å². The van der Waals surface area contributed by atoms with Gasteiger partial charge in [-0.3, -0.25) is 15.7 Å². The minimum atomic E-state index is -1.19. The van der Waals surface area contributed by atoms with Crippen LogP contribution in [-0.2, 0) is 0 Å². The SMILES string of the molecule is N=C1C=C[NH2+]C(=O)N1.O.O=C([O-])c1cccnc1. The number of rotatable bonds is 1. The van der Waals surface area contributed by atoms with Crippen LogP contribution in [0.4, 0.5) is 4.79 Å². The second kappa shape index (κ2) is 7.65. The van der Waals surface area contributed by atoms with Crippen LogP contribution >= 0.6 is 0 Å². The van der Waals surface area contributed by atoms with E-state index in [2.05, 4.69) is 10.3 Å². The van der Waals surface area contributed by atoms with Crippen molar-refractivity contribution in [3.05, 3.63) is 42.4 Å². The van der Waals surface area contributed by atoms with Gasteiger partial charge >= 0.3 is 6.03 Å². The minimum Gasteiger partial charge on any atom is -0.545 e. The van der Waals surface area contributed by atoms with E-state index in [9.17, 15) is 14.7 Å². The molecular formula is C10H12N4O4. The summed E-state index contributed by atoms with van der Waals surface area (Å²) in [6.07, 6.45) is 5.81. The quantitative estimate of drug-likeness (QED) is 0.500. The molecule has 2 amide bonds. The van der Waals surface area contributed by atoms with Crippen molar-refractivity contribution < 1.29 is 25.5 Å². The summed E-state index contributed by atoms with van der Waals surface area (Å²) in [5.41, 5.74) is 0.109. The monoisotopic (exact) mass is 252 g/mol. The van der Waals surface area contributed by atoms with Crippen molar-refractivity contribution in [2.75, 3.05) is 0 Å². The number of carboxylic acid groups (broad SMARTS) is 1. The summed E-state index contributed by atoms with van der Waals surface area (Å²) in [7, 11) is 0. The average molecular weight is 252 g/mol. The number of urea groups is 1. The normalized spacial score (nSPS) is 12.7. The number of nitrogens with one attached hydrogen (secondary N) is 2. The third-order valence-corrected chi connectivity index (χ3v) is 1.67. The summed E-state index contributed by atoms with van der Waals surface area (Å²) < 4.78 is 0. The summed E-state index contributed by atoms with van der Waals surface area (Å²) in [6.45, 7) is 0. The van der Waals surface area contributed by atoms with Crippen molar-refractivity contribution in [2.24, 2.45) is 0 Å². The van der Waals surface area contributed by atoms with E-state index in [1.54, 1.807) is 12.3 Å². The largest absolute Gasteiger partial charge is 0.545 e. The molecule has 0 unspecified atom stereocenters. The topological polar surface area (TPSA) is 154 Å². The number of primary amides is 1. The molecule has 0 aliphatic carbocycles. The molecule has 1 aromatic heterocycles. The molecule has 0 spiro atoms. The van der Waals surface area contributed by atoms with Gasteiger partial charge in [-0.2, -0.15) is 0 Å². The third-order valence-electron chi connectivity index (χ3n) is 1.67. The summed E-state index contributed by atoms with van der Waals surface area (Å²) in [5.74, 6) is -1.04. The predicted octanol–water partition coefficient (Wildman–Crippen LogP) is -2.62. The second-order valence-corrected chi connectivity index (χ2v) is 2.96. The van der Waals surface area contributed by atoms with Gasteiger partial charge in [-0.25, -0.2) is 10.1 Å². The zero-order valence-electron chi connectivity index (χ0n) is 9.21. The Morgan fingerprint density at radius 1 is 1.50 bits per heavy atom. The van der Waals surface area contributed by atoms with Gasteiger partial charge in [0, 0.05) is 24.0 Å². The van der Waals surface area contributed by atoms with E-state index in [0.29, 0.717) is 0 Å². The lowest BCUT2D eigenvalue weighted by atomic mass is 10.3. The molecular weight excluding hydrogens is 240 g/mol. The Hall–Kier alpha value is -2.58. The highest BCUT2D eigenvalue weighted by atomic mass is 16.4. The highest BCUT2D eigenvalue weighted by Crippen LogP contribution is 1.90. The zero-order valence-corrected chi connectivity index (χ0v) is 9.21. The fourth-order valence-corrected chi connectivity index (χ4v) is 0.931. The third kappa shape index (κ3) is 5.49. The van der Waals surface area contributed by atoms with Gasteiger partial charge in [0.2, 0.25) is 0 Å². The van der Waals surface area contributed by atoms with Crippen molar-refractivity contribution in [3.8, 4) is 0 Å². The number of amides is 2. The molecule has 0 saturated carbocycles. The molecule has 0 saturated heterocycles. The molecule has 1 aliphatic rings. The summed E-state index contributed by atoms with van der Waals surface area (Å²) >= 11 is 0. The molecule has 0 radical (unpaired) electrons. The Bertz CT molecular complexity index is 458. The molecule has 96 valence electrons. The maximum absolute atomic E-state index is 10.3. The number of nitrogens with zero attached hydrogens (tertiary/aromatic N) is 1. The standard InChI is InChI=1S/C6H5NO2.C4H5N3O.H2O/c8-6(9)5-2-1-3-7-4-5;5-3-1-2-6-4(8)7-3;/h1-4H,(H,8,9);1-2H,(H3,5,6,7,8);1H2. The number of pyridine rings is 1. The van der Waals surface area contributed by atoms with Crippen LogP contribution in [0.25, 0.3) is 0 Å². The first-order valence-electron chi connectivity index (χ1n) is 4.62. The van der Waals surface area contributed by atoms with Crippen molar-refractivity contribution in [2.45, 2.75) is 0 Å². The van der Waals surface area contributed by atoms with Gasteiger partial charge in [0.1, 0.15) is 12.0 Å². The number of carboxylic acids is 1. The molecule has 8 nitrogen and oxygen atoms in total. The van der Waals surface area contributed by atoms with Crippen molar-refractivity contribution in [1.82, 2.24) is 10.3 Å². The molecule has 0 fully saturated rings. The Kier molecular flexibility index (Phi) is 6.56. The van der Waals surface area contributed by atoms with Gasteiger partial charge in [0.15, 0.2) is 0 Å². The van der Waals surface area contributed by atoms with Gasteiger partial charge in [-0.15, -0.1) is 0 Å². The molecule has 6 N–H and O–H groups in total. The molecule has 2 rings (SSSR count). The summed E-state index contributed by atoms with van der Waals surface area (Å²) in [5, 5.41) is 20.6.